The van der Waals surface area contributed by atoms with E-state index in [1.807, 2.05) is 13.0 Å². The molecule has 1 fully saturated rings. The molecule has 0 bridgehead atoms. The minimum absolute atomic E-state index is 0.0571. The van der Waals surface area contributed by atoms with Gasteiger partial charge < -0.3 is 10.1 Å². The van der Waals surface area contributed by atoms with Crippen molar-refractivity contribution in [2.75, 3.05) is 25.1 Å². The number of aromatic nitrogens is 2. The van der Waals surface area contributed by atoms with Gasteiger partial charge in [0.05, 0.1) is 18.1 Å². The van der Waals surface area contributed by atoms with Crippen molar-refractivity contribution in [2.45, 2.75) is 20.3 Å². The molecule has 7 nitrogen and oxygen atoms in total. The van der Waals surface area contributed by atoms with Crippen LogP contribution >= 0.6 is 0 Å². The Labute approximate surface area is 140 Å². The molecule has 0 aliphatic carbocycles. The maximum atomic E-state index is 10.8. The summed E-state index contributed by atoms with van der Waals surface area (Å²) < 4.78 is 5.27. The molecule has 1 saturated heterocycles. The summed E-state index contributed by atoms with van der Waals surface area (Å²) >= 11 is 0. The van der Waals surface area contributed by atoms with Crippen LogP contribution in [0.15, 0.2) is 30.3 Å². The van der Waals surface area contributed by atoms with E-state index in [0.717, 1.165) is 43.3 Å². The van der Waals surface area contributed by atoms with Gasteiger partial charge in [0, 0.05) is 41.4 Å². The maximum Gasteiger partial charge on any atom is 0.269 e. The van der Waals surface area contributed by atoms with Crippen LogP contribution in [-0.4, -0.2) is 34.6 Å². The summed E-state index contributed by atoms with van der Waals surface area (Å²) in [4.78, 5) is 19.4. The first-order chi connectivity index (χ1) is 11.5. The number of benzene rings is 1. The lowest BCUT2D eigenvalue weighted by Crippen LogP contribution is -2.45. The first kappa shape index (κ1) is 16.3. The molecule has 1 aliphatic heterocycles. The van der Waals surface area contributed by atoms with E-state index in [-0.39, 0.29) is 11.1 Å². The highest BCUT2D eigenvalue weighted by Gasteiger charge is 2.33. The number of ether oxygens (including phenoxy) is 1. The fraction of sp³-hybridized carbons (Fsp3) is 0.412. The van der Waals surface area contributed by atoms with E-state index in [1.165, 1.54) is 12.1 Å². The summed E-state index contributed by atoms with van der Waals surface area (Å²) in [6.45, 7) is 6.49. The van der Waals surface area contributed by atoms with Crippen molar-refractivity contribution in [3.63, 3.8) is 0 Å². The van der Waals surface area contributed by atoms with Crippen LogP contribution < -0.4 is 5.32 Å². The van der Waals surface area contributed by atoms with Gasteiger partial charge in [0.15, 0.2) is 5.82 Å². The molecule has 2 aromatic rings. The van der Waals surface area contributed by atoms with E-state index in [1.54, 1.807) is 12.1 Å². The average Bonchev–Trinajstić information content (AvgIpc) is 2.58. The zero-order valence-corrected chi connectivity index (χ0v) is 13.8. The van der Waals surface area contributed by atoms with E-state index < -0.39 is 4.92 Å². The minimum Gasteiger partial charge on any atom is -0.380 e. The van der Waals surface area contributed by atoms with E-state index >= 15 is 0 Å². The van der Waals surface area contributed by atoms with Crippen molar-refractivity contribution in [3.8, 4) is 11.4 Å². The van der Waals surface area contributed by atoms with Crippen LogP contribution in [0, 0.1) is 15.5 Å². The summed E-state index contributed by atoms with van der Waals surface area (Å²) in [5.41, 5.74) is 1.89. The summed E-state index contributed by atoms with van der Waals surface area (Å²) in [5.74, 6) is 1.34. The topological polar surface area (TPSA) is 90.2 Å². The smallest absolute Gasteiger partial charge is 0.269 e. The number of non-ortho nitro benzene ring substituents is 1. The molecule has 3 rings (SSSR count). The Bertz CT molecular complexity index is 742. The average molecular weight is 328 g/mol. The number of nitrogens with zero attached hydrogens (tertiary/aromatic N) is 3. The number of aryl methyl sites for hydroxylation is 1. The number of anilines is 1. The van der Waals surface area contributed by atoms with Gasteiger partial charge >= 0.3 is 0 Å². The number of hydrogen-bond acceptors (Lipinski definition) is 6. The molecule has 0 unspecified atom stereocenters. The number of hydrogen-bond donors (Lipinski definition) is 1. The van der Waals surface area contributed by atoms with Gasteiger partial charge in [0.25, 0.3) is 5.69 Å². The predicted molar refractivity (Wildman–Crippen MR) is 90.9 cm³/mol. The molecule has 1 aromatic carbocycles. The van der Waals surface area contributed by atoms with Gasteiger partial charge in [0.1, 0.15) is 5.82 Å². The Kier molecular flexibility index (Phi) is 4.44. The Balaban J connectivity index is 1.84. The Hall–Kier alpha value is -2.54. The van der Waals surface area contributed by atoms with Crippen molar-refractivity contribution >= 4 is 11.5 Å². The molecule has 2 heterocycles. The third kappa shape index (κ3) is 3.51. The monoisotopic (exact) mass is 328 g/mol. The molecule has 126 valence electrons. The van der Waals surface area contributed by atoms with Crippen molar-refractivity contribution in [3.05, 3.63) is 46.1 Å². The zero-order chi connectivity index (χ0) is 17.2. The summed E-state index contributed by atoms with van der Waals surface area (Å²) in [7, 11) is 0. The molecule has 1 aromatic heterocycles. The highest BCUT2D eigenvalue weighted by Crippen LogP contribution is 2.27. The highest BCUT2D eigenvalue weighted by atomic mass is 16.6. The van der Waals surface area contributed by atoms with Crippen molar-refractivity contribution in [1.29, 1.82) is 0 Å². The van der Waals surface area contributed by atoms with Crippen LogP contribution in [0.5, 0.6) is 0 Å². The second kappa shape index (κ2) is 6.52. The van der Waals surface area contributed by atoms with Gasteiger partial charge in [-0.2, -0.15) is 0 Å². The molecule has 0 saturated carbocycles. The molecule has 1 aliphatic rings. The zero-order valence-electron chi connectivity index (χ0n) is 13.8. The Morgan fingerprint density at radius 1 is 1.29 bits per heavy atom. The third-order valence-corrected chi connectivity index (χ3v) is 4.08. The largest absolute Gasteiger partial charge is 0.380 e. The molecule has 1 N–H and O–H groups in total. The van der Waals surface area contributed by atoms with E-state index in [9.17, 15) is 10.1 Å². The van der Waals surface area contributed by atoms with Crippen LogP contribution in [-0.2, 0) is 11.2 Å². The molecule has 24 heavy (non-hydrogen) atoms. The van der Waals surface area contributed by atoms with Crippen LogP contribution in [0.25, 0.3) is 11.4 Å². The lowest BCUT2D eigenvalue weighted by molar-refractivity contribution is -0.384. The van der Waals surface area contributed by atoms with Crippen molar-refractivity contribution in [2.24, 2.45) is 5.41 Å². The summed E-state index contributed by atoms with van der Waals surface area (Å²) in [6, 6.07) is 8.24. The van der Waals surface area contributed by atoms with Crippen molar-refractivity contribution in [1.82, 2.24) is 9.97 Å². The number of nitrogens with one attached hydrogen (secondary N) is 1. The predicted octanol–water partition coefficient (Wildman–Crippen LogP) is 3.06. The molecule has 0 radical (unpaired) electrons. The molecule has 7 heteroatoms. The molecular weight excluding hydrogens is 308 g/mol. The lowest BCUT2D eigenvalue weighted by Gasteiger charge is -2.38. The maximum absolute atomic E-state index is 10.8. The first-order valence-electron chi connectivity index (χ1n) is 7.93. The van der Waals surface area contributed by atoms with Gasteiger partial charge in [-0.3, -0.25) is 10.1 Å². The third-order valence-electron chi connectivity index (χ3n) is 4.08. The normalized spacial score (nSPS) is 15.6. The van der Waals surface area contributed by atoms with Crippen molar-refractivity contribution < 1.29 is 9.66 Å². The SMILES string of the molecule is CCc1cc(NCC2(C)COC2)nc(-c2ccc([N+](=O)[O-])cc2)n1. The van der Waals surface area contributed by atoms with Crippen LogP contribution in [0.2, 0.25) is 0 Å². The second-order valence-electron chi connectivity index (χ2n) is 6.38. The van der Waals surface area contributed by atoms with Gasteiger partial charge in [-0.05, 0) is 18.6 Å². The van der Waals surface area contributed by atoms with E-state index in [4.69, 9.17) is 4.74 Å². The Morgan fingerprint density at radius 2 is 2.00 bits per heavy atom. The number of rotatable bonds is 6. The van der Waals surface area contributed by atoms with Gasteiger partial charge in [-0.15, -0.1) is 0 Å². The molecule has 0 atom stereocenters. The van der Waals surface area contributed by atoms with E-state index in [0.29, 0.717) is 5.82 Å². The van der Waals surface area contributed by atoms with Crippen LogP contribution in [0.1, 0.15) is 19.5 Å². The lowest BCUT2D eigenvalue weighted by atomic mass is 9.89. The van der Waals surface area contributed by atoms with Crippen LogP contribution in [0.4, 0.5) is 11.5 Å². The summed E-state index contributed by atoms with van der Waals surface area (Å²) in [5, 5.41) is 14.1. The first-order valence-corrected chi connectivity index (χ1v) is 7.93. The quantitative estimate of drug-likeness (QED) is 0.647. The number of nitro groups is 1. The minimum atomic E-state index is -0.415. The molecule has 0 spiro atoms. The molecular formula is C17H20N4O3. The van der Waals surface area contributed by atoms with Crippen LogP contribution in [0.3, 0.4) is 0 Å². The highest BCUT2D eigenvalue weighted by molar-refractivity contribution is 5.59. The van der Waals surface area contributed by atoms with Gasteiger partial charge in [-0.1, -0.05) is 13.8 Å². The Morgan fingerprint density at radius 3 is 2.54 bits per heavy atom. The van der Waals surface area contributed by atoms with Gasteiger partial charge in [-0.25, -0.2) is 9.97 Å². The standard InChI is InChI=1S/C17H20N4O3/c1-3-13-8-15(18-9-17(2)10-24-11-17)20-16(19-13)12-4-6-14(7-5-12)21(22)23/h4-8H,3,9-11H2,1-2H3,(H,18,19,20). The molecule has 0 amide bonds. The number of nitro benzene ring substituents is 1. The fourth-order valence-corrected chi connectivity index (χ4v) is 2.49. The van der Waals surface area contributed by atoms with Gasteiger partial charge in [0.2, 0.25) is 0 Å². The fourth-order valence-electron chi connectivity index (χ4n) is 2.49. The van der Waals surface area contributed by atoms with E-state index in [2.05, 4.69) is 22.2 Å². The summed E-state index contributed by atoms with van der Waals surface area (Å²) in [6.07, 6.45) is 0.789. The second-order valence-corrected chi connectivity index (χ2v) is 6.38.